The number of rotatable bonds is 4. The van der Waals surface area contributed by atoms with Crippen LogP contribution in [0.2, 0.25) is 0 Å². The predicted molar refractivity (Wildman–Crippen MR) is 76.6 cm³/mol. The normalized spacial score (nSPS) is 22.8. The number of carbonyl (C=O) groups excluding carboxylic acids is 1. The molecule has 0 N–H and O–H groups in total. The van der Waals surface area contributed by atoms with Gasteiger partial charge in [0.1, 0.15) is 0 Å². The first kappa shape index (κ1) is 15.5. The second-order valence-electron chi connectivity index (χ2n) is 6.63. The van der Waals surface area contributed by atoms with Crippen molar-refractivity contribution in [1.82, 2.24) is 9.80 Å². The molecule has 1 aliphatic rings. The number of hydrogen-bond acceptors (Lipinski definition) is 2. The lowest BCUT2D eigenvalue weighted by atomic mass is 9.80. The first-order chi connectivity index (χ1) is 8.24. The Hall–Kier alpha value is -0.570. The summed E-state index contributed by atoms with van der Waals surface area (Å²) < 4.78 is 0. The molecule has 0 aromatic heterocycles. The first-order valence-electron chi connectivity index (χ1n) is 7.30. The molecule has 1 heterocycles. The Bertz CT molecular complexity index is 277. The van der Waals surface area contributed by atoms with E-state index in [0.717, 1.165) is 13.1 Å². The summed E-state index contributed by atoms with van der Waals surface area (Å²) in [5.41, 5.74) is 0.259. The molecular formula is C15H30N2O. The molecular weight excluding hydrogens is 224 g/mol. The van der Waals surface area contributed by atoms with Crippen molar-refractivity contribution in [3.05, 3.63) is 0 Å². The van der Waals surface area contributed by atoms with Crippen LogP contribution in [0.15, 0.2) is 0 Å². The van der Waals surface area contributed by atoms with Gasteiger partial charge in [0.2, 0.25) is 5.91 Å². The zero-order chi connectivity index (χ0) is 14.0. The number of likely N-dealkylation sites (N-methyl/N-ethyl adjacent to an activating group) is 1. The van der Waals surface area contributed by atoms with Crippen molar-refractivity contribution in [1.29, 1.82) is 0 Å². The molecule has 3 nitrogen and oxygen atoms in total. The first-order valence-corrected chi connectivity index (χ1v) is 7.30. The van der Waals surface area contributed by atoms with Crippen LogP contribution in [0.5, 0.6) is 0 Å². The van der Waals surface area contributed by atoms with Crippen LogP contribution < -0.4 is 0 Å². The Morgan fingerprint density at radius 3 is 1.89 bits per heavy atom. The summed E-state index contributed by atoms with van der Waals surface area (Å²) in [6.07, 6.45) is 3.62. The number of likely N-dealkylation sites (tertiary alicyclic amines) is 1. The third kappa shape index (κ3) is 3.25. The van der Waals surface area contributed by atoms with Gasteiger partial charge in [0.25, 0.3) is 0 Å². The van der Waals surface area contributed by atoms with Gasteiger partial charge >= 0.3 is 0 Å². The van der Waals surface area contributed by atoms with E-state index in [1.165, 1.54) is 19.3 Å². The summed E-state index contributed by atoms with van der Waals surface area (Å²) in [5.74, 6) is 0.267. The highest BCUT2D eigenvalue weighted by molar-refractivity contribution is 5.78. The minimum Gasteiger partial charge on any atom is -0.342 e. The van der Waals surface area contributed by atoms with Gasteiger partial charge in [-0.3, -0.25) is 9.69 Å². The van der Waals surface area contributed by atoms with Crippen molar-refractivity contribution in [2.45, 2.75) is 71.9 Å². The lowest BCUT2D eigenvalue weighted by molar-refractivity contribution is -0.138. The standard InChI is InChI=1S/C15H30N2O/c1-7-16(8-2)13(18)12-17-14(3,4)10-9-11-15(17,5)6/h7-12H2,1-6H3. The van der Waals surface area contributed by atoms with Crippen LogP contribution in [0.1, 0.15) is 60.8 Å². The number of hydrogen-bond donors (Lipinski definition) is 0. The monoisotopic (exact) mass is 254 g/mol. The van der Waals surface area contributed by atoms with E-state index in [1.807, 2.05) is 18.7 Å². The Morgan fingerprint density at radius 1 is 1.06 bits per heavy atom. The lowest BCUT2D eigenvalue weighted by Crippen LogP contribution is -2.61. The molecule has 3 heteroatoms. The number of nitrogens with zero attached hydrogens (tertiary/aromatic N) is 2. The molecule has 106 valence electrons. The third-order valence-electron chi connectivity index (χ3n) is 4.45. The fourth-order valence-electron chi connectivity index (χ4n) is 3.28. The average molecular weight is 254 g/mol. The number of carbonyl (C=O) groups is 1. The van der Waals surface area contributed by atoms with Crippen LogP contribution in [-0.2, 0) is 4.79 Å². The zero-order valence-electron chi connectivity index (χ0n) is 13.0. The molecule has 0 atom stereocenters. The molecule has 18 heavy (non-hydrogen) atoms. The van der Waals surface area contributed by atoms with Gasteiger partial charge in [0.15, 0.2) is 0 Å². The predicted octanol–water partition coefficient (Wildman–Crippen LogP) is 2.90. The second-order valence-corrected chi connectivity index (χ2v) is 6.63. The molecule has 0 radical (unpaired) electrons. The number of amides is 1. The maximum atomic E-state index is 12.3. The smallest absolute Gasteiger partial charge is 0.236 e. The third-order valence-corrected chi connectivity index (χ3v) is 4.45. The maximum Gasteiger partial charge on any atom is 0.236 e. The molecule has 0 aromatic rings. The maximum absolute atomic E-state index is 12.3. The minimum atomic E-state index is 0.130. The van der Waals surface area contributed by atoms with Gasteiger partial charge < -0.3 is 4.90 Å². The van der Waals surface area contributed by atoms with E-state index < -0.39 is 0 Å². The molecule has 0 bridgehead atoms. The van der Waals surface area contributed by atoms with Gasteiger partial charge in [-0.25, -0.2) is 0 Å². The van der Waals surface area contributed by atoms with Crippen molar-refractivity contribution in [2.24, 2.45) is 0 Å². The van der Waals surface area contributed by atoms with Crippen LogP contribution in [0, 0.1) is 0 Å². The molecule has 0 spiro atoms. The number of piperidine rings is 1. The van der Waals surface area contributed by atoms with Crippen molar-refractivity contribution in [3.63, 3.8) is 0 Å². The van der Waals surface area contributed by atoms with E-state index in [9.17, 15) is 4.79 Å². The van der Waals surface area contributed by atoms with E-state index in [-0.39, 0.29) is 17.0 Å². The van der Waals surface area contributed by atoms with Gasteiger partial charge in [-0.2, -0.15) is 0 Å². The van der Waals surface area contributed by atoms with Crippen molar-refractivity contribution in [2.75, 3.05) is 19.6 Å². The molecule has 1 rings (SSSR count). The molecule has 0 saturated carbocycles. The van der Waals surface area contributed by atoms with E-state index >= 15 is 0 Å². The van der Waals surface area contributed by atoms with Crippen LogP contribution in [0.3, 0.4) is 0 Å². The highest BCUT2D eigenvalue weighted by Crippen LogP contribution is 2.37. The SMILES string of the molecule is CCN(CC)C(=O)CN1C(C)(C)CCCC1(C)C. The van der Waals surface area contributed by atoms with E-state index in [4.69, 9.17) is 0 Å². The Morgan fingerprint density at radius 2 is 1.50 bits per heavy atom. The van der Waals surface area contributed by atoms with E-state index in [1.54, 1.807) is 0 Å². The average Bonchev–Trinajstić information content (AvgIpc) is 2.25. The molecule has 0 aliphatic carbocycles. The summed E-state index contributed by atoms with van der Waals surface area (Å²) in [5, 5.41) is 0. The fraction of sp³-hybridized carbons (Fsp3) is 0.933. The molecule has 1 saturated heterocycles. The lowest BCUT2D eigenvalue weighted by Gasteiger charge is -2.53. The van der Waals surface area contributed by atoms with Gasteiger partial charge in [-0.05, 0) is 60.8 Å². The van der Waals surface area contributed by atoms with E-state index in [0.29, 0.717) is 6.54 Å². The molecule has 0 unspecified atom stereocenters. The Balaban J connectivity index is 2.81. The summed E-state index contributed by atoms with van der Waals surface area (Å²) >= 11 is 0. The van der Waals surface area contributed by atoms with Crippen LogP contribution in [-0.4, -0.2) is 46.4 Å². The van der Waals surface area contributed by atoms with Crippen LogP contribution in [0.25, 0.3) is 0 Å². The Labute approximate surface area is 113 Å². The van der Waals surface area contributed by atoms with Gasteiger partial charge in [-0.1, -0.05) is 0 Å². The summed E-state index contributed by atoms with van der Waals surface area (Å²) in [4.78, 5) is 16.7. The topological polar surface area (TPSA) is 23.6 Å². The quantitative estimate of drug-likeness (QED) is 0.770. The Kier molecular flexibility index (Phi) is 4.82. The van der Waals surface area contributed by atoms with Crippen molar-refractivity contribution >= 4 is 5.91 Å². The van der Waals surface area contributed by atoms with Gasteiger partial charge in [0, 0.05) is 24.2 Å². The molecule has 1 fully saturated rings. The highest BCUT2D eigenvalue weighted by atomic mass is 16.2. The van der Waals surface area contributed by atoms with Gasteiger partial charge in [0.05, 0.1) is 6.54 Å². The molecule has 1 amide bonds. The zero-order valence-corrected chi connectivity index (χ0v) is 13.0. The summed E-state index contributed by atoms with van der Waals surface area (Å²) in [7, 11) is 0. The molecule has 0 aromatic carbocycles. The second kappa shape index (κ2) is 5.60. The summed E-state index contributed by atoms with van der Waals surface area (Å²) in [6, 6.07) is 0. The van der Waals surface area contributed by atoms with Crippen molar-refractivity contribution < 1.29 is 4.79 Å². The minimum absolute atomic E-state index is 0.130. The summed E-state index contributed by atoms with van der Waals surface area (Å²) in [6.45, 7) is 15.3. The van der Waals surface area contributed by atoms with Crippen molar-refractivity contribution in [3.8, 4) is 0 Å². The van der Waals surface area contributed by atoms with Gasteiger partial charge in [-0.15, -0.1) is 0 Å². The largest absolute Gasteiger partial charge is 0.342 e. The highest BCUT2D eigenvalue weighted by Gasteiger charge is 2.42. The van der Waals surface area contributed by atoms with E-state index in [2.05, 4.69) is 32.6 Å². The fourth-order valence-corrected chi connectivity index (χ4v) is 3.28. The van der Waals surface area contributed by atoms with Crippen LogP contribution >= 0.6 is 0 Å². The van der Waals surface area contributed by atoms with Crippen LogP contribution in [0.4, 0.5) is 0 Å². The molecule has 1 aliphatic heterocycles.